The summed E-state index contributed by atoms with van der Waals surface area (Å²) in [4.78, 5) is 26.4. The highest BCUT2D eigenvalue weighted by atomic mass is 19.4. The minimum atomic E-state index is -4.88. The highest BCUT2D eigenvalue weighted by molar-refractivity contribution is 5.89. The Balaban J connectivity index is 1.82. The van der Waals surface area contributed by atoms with Gasteiger partial charge in [-0.05, 0) is 48.2 Å². The number of hydrogen-bond donors (Lipinski definition) is 2. The van der Waals surface area contributed by atoms with E-state index in [2.05, 4.69) is 4.98 Å². The second kappa shape index (κ2) is 9.98. The first-order chi connectivity index (χ1) is 16.0. The number of aromatic nitrogens is 2. The largest absolute Gasteiger partial charge is 0.489 e. The topological polar surface area (TPSA) is 102 Å². The summed E-state index contributed by atoms with van der Waals surface area (Å²) in [7, 11) is 0. The number of carbonyl (C=O) groups is 2. The van der Waals surface area contributed by atoms with Crippen molar-refractivity contribution in [1.82, 2.24) is 9.55 Å². The number of nitrogens with zero attached hydrogens (tertiary/aromatic N) is 2. The molecule has 10 heteroatoms. The van der Waals surface area contributed by atoms with Gasteiger partial charge in [-0.2, -0.15) is 13.2 Å². The highest BCUT2D eigenvalue weighted by Crippen LogP contribution is 2.34. The third-order valence-electron chi connectivity index (χ3n) is 5.33. The first kappa shape index (κ1) is 24.8. The predicted molar refractivity (Wildman–Crippen MR) is 116 cm³/mol. The van der Waals surface area contributed by atoms with Crippen molar-refractivity contribution in [1.29, 1.82) is 0 Å². The van der Waals surface area contributed by atoms with Crippen LogP contribution in [0.25, 0.3) is 0 Å². The van der Waals surface area contributed by atoms with Gasteiger partial charge in [0, 0.05) is 13.0 Å². The van der Waals surface area contributed by atoms with Crippen LogP contribution in [0.3, 0.4) is 0 Å². The van der Waals surface area contributed by atoms with Crippen LogP contribution in [0, 0.1) is 6.92 Å². The van der Waals surface area contributed by atoms with Crippen LogP contribution in [0.2, 0.25) is 0 Å². The van der Waals surface area contributed by atoms with Crippen LogP contribution >= 0.6 is 0 Å². The molecule has 3 aromatic rings. The van der Waals surface area contributed by atoms with Gasteiger partial charge in [-0.3, -0.25) is 0 Å². The number of aromatic carboxylic acids is 2. The lowest BCUT2D eigenvalue weighted by Gasteiger charge is -2.15. The van der Waals surface area contributed by atoms with Gasteiger partial charge in [0.1, 0.15) is 18.2 Å². The lowest BCUT2D eigenvalue weighted by molar-refractivity contribution is -0.144. The van der Waals surface area contributed by atoms with E-state index in [0.29, 0.717) is 28.9 Å². The van der Waals surface area contributed by atoms with Gasteiger partial charge in [0.25, 0.3) is 0 Å². The molecule has 0 bridgehead atoms. The maximum absolute atomic E-state index is 13.7. The van der Waals surface area contributed by atoms with Crippen LogP contribution in [0.15, 0.2) is 42.5 Å². The third kappa shape index (κ3) is 5.38. The van der Waals surface area contributed by atoms with E-state index in [4.69, 9.17) is 4.74 Å². The number of halogens is 3. The van der Waals surface area contributed by atoms with Crippen LogP contribution in [0.1, 0.15) is 62.4 Å². The summed E-state index contributed by atoms with van der Waals surface area (Å²) >= 11 is 0. The molecule has 0 radical (unpaired) electrons. The molecule has 0 fully saturated rings. The zero-order valence-corrected chi connectivity index (χ0v) is 18.5. The lowest BCUT2D eigenvalue weighted by atomic mass is 10.0. The fraction of sp³-hybridized carbons (Fsp3) is 0.292. The van der Waals surface area contributed by atoms with E-state index in [1.54, 1.807) is 50.2 Å². The normalized spacial score (nSPS) is 11.4. The molecule has 3 rings (SSSR count). The number of aryl methyl sites for hydroxylation is 1. The molecule has 1 heterocycles. The standard InChI is InChI=1S/C24H23F3N2O5/c1-3-5-19-28-20(23(32)33)21(24(25,26)27)29(19)12-15-8-10-17(11-9-15)34-13-16-6-4-7-18(14(16)2)22(30)31/h4,6-11H,3,5,12-13H2,1-2H3,(H,30,31)(H,32,33). The lowest BCUT2D eigenvalue weighted by Crippen LogP contribution is -2.19. The Kier molecular flexibility index (Phi) is 7.29. The van der Waals surface area contributed by atoms with Gasteiger partial charge >= 0.3 is 18.1 Å². The fourth-order valence-corrected chi connectivity index (χ4v) is 3.63. The van der Waals surface area contributed by atoms with Crippen molar-refractivity contribution in [2.75, 3.05) is 0 Å². The summed E-state index contributed by atoms with van der Waals surface area (Å²) in [6, 6.07) is 11.2. The van der Waals surface area contributed by atoms with Gasteiger partial charge < -0.3 is 19.5 Å². The second-order valence-electron chi connectivity index (χ2n) is 7.69. The molecule has 0 saturated carbocycles. The first-order valence-electron chi connectivity index (χ1n) is 10.5. The number of carboxylic acid groups (broad SMARTS) is 2. The monoisotopic (exact) mass is 476 g/mol. The van der Waals surface area contributed by atoms with Crippen LogP contribution in [-0.4, -0.2) is 31.7 Å². The van der Waals surface area contributed by atoms with E-state index in [1.807, 2.05) is 0 Å². The fourth-order valence-electron chi connectivity index (χ4n) is 3.63. The summed E-state index contributed by atoms with van der Waals surface area (Å²) in [6.45, 7) is 3.37. The van der Waals surface area contributed by atoms with E-state index in [1.165, 1.54) is 6.07 Å². The molecular formula is C24H23F3N2O5. The van der Waals surface area contributed by atoms with Crippen molar-refractivity contribution in [3.8, 4) is 5.75 Å². The van der Waals surface area contributed by atoms with Crippen molar-refractivity contribution < 1.29 is 37.7 Å². The van der Waals surface area contributed by atoms with Gasteiger partial charge in [0.05, 0.1) is 5.56 Å². The van der Waals surface area contributed by atoms with Crippen molar-refractivity contribution >= 4 is 11.9 Å². The minimum absolute atomic E-state index is 0.0568. The molecule has 2 aromatic carbocycles. The number of ether oxygens (including phenoxy) is 1. The molecular weight excluding hydrogens is 453 g/mol. The number of imidazole rings is 1. The van der Waals surface area contributed by atoms with E-state index in [9.17, 15) is 33.0 Å². The maximum atomic E-state index is 13.7. The molecule has 0 aliphatic heterocycles. The molecule has 2 N–H and O–H groups in total. The molecule has 0 spiro atoms. The molecule has 0 saturated heterocycles. The van der Waals surface area contributed by atoms with Crippen LogP contribution in [0.5, 0.6) is 5.75 Å². The molecule has 0 aliphatic carbocycles. The van der Waals surface area contributed by atoms with Crippen LogP contribution in [0.4, 0.5) is 13.2 Å². The molecule has 7 nitrogen and oxygen atoms in total. The van der Waals surface area contributed by atoms with Gasteiger partial charge in [-0.15, -0.1) is 0 Å². The number of alkyl halides is 3. The van der Waals surface area contributed by atoms with Crippen molar-refractivity contribution in [3.63, 3.8) is 0 Å². The highest BCUT2D eigenvalue weighted by Gasteiger charge is 2.41. The van der Waals surface area contributed by atoms with Crippen LogP contribution < -0.4 is 4.74 Å². The number of hydrogen-bond acceptors (Lipinski definition) is 4. The molecule has 0 unspecified atom stereocenters. The Morgan fingerprint density at radius 1 is 1.06 bits per heavy atom. The zero-order valence-electron chi connectivity index (χ0n) is 18.5. The van der Waals surface area contributed by atoms with Crippen molar-refractivity contribution in [2.24, 2.45) is 0 Å². The second-order valence-corrected chi connectivity index (χ2v) is 7.69. The first-order valence-corrected chi connectivity index (χ1v) is 10.5. The van der Waals surface area contributed by atoms with E-state index in [-0.39, 0.29) is 31.0 Å². The molecule has 34 heavy (non-hydrogen) atoms. The summed E-state index contributed by atoms with van der Waals surface area (Å²) in [5.74, 6) is -2.25. The quantitative estimate of drug-likeness (QED) is 0.441. The van der Waals surface area contributed by atoms with E-state index in [0.717, 1.165) is 4.57 Å². The zero-order chi connectivity index (χ0) is 25.0. The molecule has 0 aliphatic rings. The SMILES string of the molecule is CCCc1nc(C(=O)O)c(C(F)(F)F)n1Cc1ccc(OCc2cccc(C(=O)O)c2C)cc1. The Bertz CT molecular complexity index is 1200. The molecule has 0 atom stereocenters. The van der Waals surface area contributed by atoms with Crippen molar-refractivity contribution in [2.45, 2.75) is 46.0 Å². The van der Waals surface area contributed by atoms with Crippen molar-refractivity contribution in [3.05, 3.63) is 81.9 Å². The molecule has 180 valence electrons. The number of benzene rings is 2. The predicted octanol–water partition coefficient (Wildman–Crippen LogP) is 5.19. The minimum Gasteiger partial charge on any atom is -0.489 e. The van der Waals surface area contributed by atoms with Gasteiger partial charge in [-0.25, -0.2) is 14.6 Å². The van der Waals surface area contributed by atoms with E-state index < -0.39 is 29.5 Å². The average molecular weight is 476 g/mol. The third-order valence-corrected chi connectivity index (χ3v) is 5.33. The summed E-state index contributed by atoms with van der Waals surface area (Å²) in [5.41, 5.74) is -0.311. The maximum Gasteiger partial charge on any atom is 0.433 e. The number of rotatable bonds is 9. The number of carboxylic acids is 2. The molecule has 1 aromatic heterocycles. The van der Waals surface area contributed by atoms with Gasteiger partial charge in [0.2, 0.25) is 0 Å². The summed E-state index contributed by atoms with van der Waals surface area (Å²) < 4.78 is 47.7. The Labute approximate surface area is 193 Å². The van der Waals surface area contributed by atoms with E-state index >= 15 is 0 Å². The van der Waals surface area contributed by atoms with Gasteiger partial charge in [-0.1, -0.05) is 31.2 Å². The smallest absolute Gasteiger partial charge is 0.433 e. The summed E-state index contributed by atoms with van der Waals surface area (Å²) in [5, 5.41) is 18.5. The Morgan fingerprint density at radius 2 is 1.74 bits per heavy atom. The van der Waals surface area contributed by atoms with Gasteiger partial charge in [0.15, 0.2) is 11.4 Å². The Morgan fingerprint density at radius 3 is 2.29 bits per heavy atom. The average Bonchev–Trinajstić information content (AvgIpc) is 3.13. The van der Waals surface area contributed by atoms with Crippen LogP contribution in [-0.2, 0) is 25.7 Å². The Hall–Kier alpha value is -3.82. The summed E-state index contributed by atoms with van der Waals surface area (Å²) in [6.07, 6.45) is -4.17. The molecule has 0 amide bonds.